The highest BCUT2D eigenvalue weighted by molar-refractivity contribution is 5.95. The molecule has 0 aliphatic rings. The van der Waals surface area contributed by atoms with Gasteiger partial charge in [0.1, 0.15) is 11.9 Å². The second-order valence-corrected chi connectivity index (χ2v) is 5.78. The molecule has 3 aromatic rings. The van der Waals surface area contributed by atoms with Crippen molar-refractivity contribution in [2.24, 2.45) is 7.05 Å². The SMILES string of the molecule is Cc1nc([C@@H](CO)NC(=O)c2cnn(C)c2Cc2ccccc2)n[nH]1. The minimum Gasteiger partial charge on any atom is -0.394 e. The van der Waals surface area contributed by atoms with Crippen LogP contribution >= 0.6 is 0 Å². The van der Waals surface area contributed by atoms with Crippen LogP contribution in [0.3, 0.4) is 0 Å². The van der Waals surface area contributed by atoms with Crippen molar-refractivity contribution in [3.63, 3.8) is 0 Å². The van der Waals surface area contributed by atoms with Gasteiger partial charge in [0.15, 0.2) is 5.82 Å². The Morgan fingerprint density at radius 3 is 2.76 bits per heavy atom. The van der Waals surface area contributed by atoms with E-state index in [2.05, 4.69) is 25.6 Å². The molecule has 1 atom stereocenters. The molecule has 0 saturated heterocycles. The minimum absolute atomic E-state index is 0.294. The molecule has 0 radical (unpaired) electrons. The molecule has 0 fully saturated rings. The van der Waals surface area contributed by atoms with Gasteiger partial charge in [-0.25, -0.2) is 4.98 Å². The standard InChI is InChI=1S/C17H20N6O2/c1-11-19-16(22-21-11)14(10-24)20-17(25)13-9-18-23(2)15(13)8-12-6-4-3-5-7-12/h3-7,9,14,24H,8,10H2,1-2H3,(H,20,25)(H,19,21,22)/t14-/m1/s1. The van der Waals surface area contributed by atoms with Gasteiger partial charge >= 0.3 is 0 Å². The van der Waals surface area contributed by atoms with E-state index < -0.39 is 6.04 Å². The number of hydrogen-bond donors (Lipinski definition) is 3. The summed E-state index contributed by atoms with van der Waals surface area (Å²) in [6.07, 6.45) is 2.12. The van der Waals surface area contributed by atoms with E-state index in [-0.39, 0.29) is 12.5 Å². The summed E-state index contributed by atoms with van der Waals surface area (Å²) in [7, 11) is 1.80. The predicted octanol–water partition coefficient (Wildman–Crippen LogP) is 0.901. The van der Waals surface area contributed by atoms with Gasteiger partial charge in [0.25, 0.3) is 5.91 Å². The molecule has 3 N–H and O–H groups in total. The lowest BCUT2D eigenvalue weighted by Gasteiger charge is -2.13. The third-order valence-electron chi connectivity index (χ3n) is 3.93. The number of carbonyl (C=O) groups excluding carboxylic acids is 1. The lowest BCUT2D eigenvalue weighted by molar-refractivity contribution is 0.0912. The summed E-state index contributed by atoms with van der Waals surface area (Å²) < 4.78 is 1.69. The molecular formula is C17H20N6O2. The molecule has 0 unspecified atom stereocenters. The van der Waals surface area contributed by atoms with Gasteiger partial charge in [-0.05, 0) is 12.5 Å². The first-order valence-electron chi connectivity index (χ1n) is 7.94. The number of hydrogen-bond acceptors (Lipinski definition) is 5. The van der Waals surface area contributed by atoms with E-state index in [4.69, 9.17) is 0 Å². The number of nitrogens with one attached hydrogen (secondary N) is 2. The van der Waals surface area contributed by atoms with E-state index >= 15 is 0 Å². The molecule has 25 heavy (non-hydrogen) atoms. The zero-order chi connectivity index (χ0) is 17.8. The summed E-state index contributed by atoms with van der Waals surface area (Å²) >= 11 is 0. The van der Waals surface area contributed by atoms with E-state index in [9.17, 15) is 9.90 Å². The number of aromatic amines is 1. The first-order chi connectivity index (χ1) is 12.1. The maximum absolute atomic E-state index is 12.7. The second-order valence-electron chi connectivity index (χ2n) is 5.78. The molecule has 1 aromatic carbocycles. The molecule has 0 bridgehead atoms. The molecule has 8 nitrogen and oxygen atoms in total. The molecule has 2 heterocycles. The minimum atomic E-state index is -0.678. The predicted molar refractivity (Wildman–Crippen MR) is 90.9 cm³/mol. The summed E-state index contributed by atoms with van der Waals surface area (Å²) in [5.74, 6) is 0.649. The maximum Gasteiger partial charge on any atom is 0.255 e. The van der Waals surface area contributed by atoms with Gasteiger partial charge in [0.05, 0.1) is 24.1 Å². The molecule has 8 heteroatoms. The van der Waals surface area contributed by atoms with Gasteiger partial charge < -0.3 is 10.4 Å². The van der Waals surface area contributed by atoms with Crippen molar-refractivity contribution in [3.8, 4) is 0 Å². The van der Waals surface area contributed by atoms with Crippen LogP contribution in [0.2, 0.25) is 0 Å². The smallest absolute Gasteiger partial charge is 0.255 e. The van der Waals surface area contributed by atoms with Crippen molar-refractivity contribution in [1.29, 1.82) is 0 Å². The summed E-state index contributed by atoms with van der Waals surface area (Å²) in [4.78, 5) is 16.8. The van der Waals surface area contributed by atoms with Crippen molar-refractivity contribution in [3.05, 3.63) is 65.0 Å². The molecule has 130 valence electrons. The quantitative estimate of drug-likeness (QED) is 0.618. The number of rotatable bonds is 6. The fourth-order valence-electron chi connectivity index (χ4n) is 2.60. The van der Waals surface area contributed by atoms with Gasteiger partial charge in [0, 0.05) is 13.5 Å². The number of nitrogens with zero attached hydrogens (tertiary/aromatic N) is 4. The van der Waals surface area contributed by atoms with Gasteiger partial charge in [-0.3, -0.25) is 14.6 Å². The van der Waals surface area contributed by atoms with Gasteiger partial charge in [0.2, 0.25) is 0 Å². The first-order valence-corrected chi connectivity index (χ1v) is 7.94. The highest BCUT2D eigenvalue weighted by Gasteiger charge is 2.22. The van der Waals surface area contributed by atoms with Crippen LogP contribution in [0.4, 0.5) is 0 Å². The maximum atomic E-state index is 12.7. The van der Waals surface area contributed by atoms with Gasteiger partial charge in [-0.2, -0.15) is 10.2 Å². The molecule has 3 rings (SSSR count). The lowest BCUT2D eigenvalue weighted by Crippen LogP contribution is -2.32. The molecule has 0 aliphatic heterocycles. The number of carbonyl (C=O) groups is 1. The fraction of sp³-hybridized carbons (Fsp3) is 0.294. The highest BCUT2D eigenvalue weighted by Crippen LogP contribution is 2.15. The molecule has 0 spiro atoms. The Bertz CT molecular complexity index is 855. The number of amides is 1. The zero-order valence-corrected chi connectivity index (χ0v) is 14.1. The number of aliphatic hydroxyl groups is 1. The Morgan fingerprint density at radius 2 is 2.12 bits per heavy atom. The van der Waals surface area contributed by atoms with Gasteiger partial charge in [-0.15, -0.1) is 0 Å². The Labute approximate surface area is 144 Å². The Hall–Kier alpha value is -3.00. The zero-order valence-electron chi connectivity index (χ0n) is 14.1. The van der Waals surface area contributed by atoms with Crippen molar-refractivity contribution >= 4 is 5.91 Å². The van der Waals surface area contributed by atoms with E-state index in [1.165, 1.54) is 6.20 Å². The third kappa shape index (κ3) is 3.74. The Balaban J connectivity index is 1.80. The number of H-pyrrole nitrogens is 1. The van der Waals surface area contributed by atoms with Crippen LogP contribution in [0.5, 0.6) is 0 Å². The number of aliphatic hydroxyl groups excluding tert-OH is 1. The molecule has 1 amide bonds. The van der Waals surface area contributed by atoms with Crippen LogP contribution in [0.15, 0.2) is 36.5 Å². The average molecular weight is 340 g/mol. The highest BCUT2D eigenvalue weighted by atomic mass is 16.3. The number of aryl methyl sites for hydroxylation is 2. The van der Waals surface area contributed by atoms with Crippen molar-refractivity contribution in [2.75, 3.05) is 6.61 Å². The summed E-state index contributed by atoms with van der Waals surface area (Å²) in [6.45, 7) is 1.46. The molecule has 2 aromatic heterocycles. The fourth-order valence-corrected chi connectivity index (χ4v) is 2.60. The molecular weight excluding hydrogens is 320 g/mol. The monoisotopic (exact) mass is 340 g/mol. The van der Waals surface area contributed by atoms with Crippen LogP contribution < -0.4 is 5.32 Å². The third-order valence-corrected chi connectivity index (χ3v) is 3.93. The second kappa shape index (κ2) is 7.27. The number of benzene rings is 1. The first kappa shape index (κ1) is 16.8. The topological polar surface area (TPSA) is 109 Å². The Kier molecular flexibility index (Phi) is 4.90. The van der Waals surface area contributed by atoms with Crippen molar-refractivity contribution in [1.82, 2.24) is 30.3 Å². The van der Waals surface area contributed by atoms with E-state index in [0.717, 1.165) is 11.3 Å². The van der Waals surface area contributed by atoms with Crippen LogP contribution in [-0.4, -0.2) is 42.6 Å². The lowest BCUT2D eigenvalue weighted by atomic mass is 10.1. The van der Waals surface area contributed by atoms with Gasteiger partial charge in [-0.1, -0.05) is 30.3 Å². The van der Waals surface area contributed by atoms with E-state index in [0.29, 0.717) is 23.6 Å². The van der Waals surface area contributed by atoms with Crippen molar-refractivity contribution < 1.29 is 9.90 Å². The van der Waals surface area contributed by atoms with Crippen LogP contribution in [0, 0.1) is 6.92 Å². The van der Waals surface area contributed by atoms with E-state index in [1.54, 1.807) is 18.7 Å². The number of aromatic nitrogens is 5. The van der Waals surface area contributed by atoms with Crippen LogP contribution in [-0.2, 0) is 13.5 Å². The van der Waals surface area contributed by atoms with E-state index in [1.807, 2.05) is 30.3 Å². The molecule has 0 aliphatic carbocycles. The van der Waals surface area contributed by atoms with Crippen LogP contribution in [0.25, 0.3) is 0 Å². The average Bonchev–Trinajstić information content (AvgIpc) is 3.20. The molecule has 0 saturated carbocycles. The summed E-state index contributed by atoms with van der Waals surface area (Å²) in [6, 6.07) is 9.19. The summed E-state index contributed by atoms with van der Waals surface area (Å²) in [5.41, 5.74) is 2.35. The Morgan fingerprint density at radius 1 is 1.36 bits per heavy atom. The summed E-state index contributed by atoms with van der Waals surface area (Å²) in [5, 5.41) is 23.2. The van der Waals surface area contributed by atoms with Crippen molar-refractivity contribution in [2.45, 2.75) is 19.4 Å². The van der Waals surface area contributed by atoms with Crippen LogP contribution in [0.1, 0.15) is 39.3 Å². The normalized spacial score (nSPS) is 12.1. The largest absolute Gasteiger partial charge is 0.394 e.